The third-order valence-corrected chi connectivity index (χ3v) is 4.41. The van der Waals surface area contributed by atoms with Gasteiger partial charge in [0.2, 0.25) is 5.13 Å². The minimum atomic E-state index is -4.09. The zero-order chi connectivity index (χ0) is 13.3. The molecule has 0 bridgehead atoms. The molecule has 0 atom stereocenters. The lowest BCUT2D eigenvalue weighted by Crippen LogP contribution is -2.15. The Labute approximate surface area is 114 Å². The lowest BCUT2D eigenvalue weighted by molar-refractivity contribution is 0.572. The lowest BCUT2D eigenvalue weighted by atomic mass is 10.3. The van der Waals surface area contributed by atoms with E-state index in [1.54, 1.807) is 0 Å². The van der Waals surface area contributed by atoms with Gasteiger partial charge in [-0.2, -0.15) is 4.37 Å². The van der Waals surface area contributed by atoms with Crippen molar-refractivity contribution in [1.82, 2.24) is 9.36 Å². The van der Waals surface area contributed by atoms with E-state index in [0.29, 0.717) is 4.47 Å². The summed E-state index contributed by atoms with van der Waals surface area (Å²) < 4.78 is 43.7. The van der Waals surface area contributed by atoms with Crippen molar-refractivity contribution in [3.63, 3.8) is 0 Å². The molecule has 6 nitrogen and oxygen atoms in total. The van der Waals surface area contributed by atoms with E-state index in [1.165, 1.54) is 12.4 Å². The van der Waals surface area contributed by atoms with Gasteiger partial charge in [0, 0.05) is 16.0 Å². The van der Waals surface area contributed by atoms with Crippen molar-refractivity contribution < 1.29 is 12.8 Å². The fourth-order valence-corrected chi connectivity index (χ4v) is 3.59. The normalized spacial score (nSPS) is 11.4. The average Bonchev–Trinajstić information content (AvgIpc) is 2.75. The maximum atomic E-state index is 13.7. The van der Waals surface area contributed by atoms with Crippen LogP contribution in [0.2, 0.25) is 0 Å². The molecule has 0 amide bonds. The summed E-state index contributed by atoms with van der Waals surface area (Å²) in [7, 11) is -4.09. The molecule has 0 aliphatic carbocycles. The Morgan fingerprint density at radius 3 is 2.78 bits per heavy atom. The number of anilines is 2. The highest BCUT2D eigenvalue weighted by molar-refractivity contribution is 9.10. The summed E-state index contributed by atoms with van der Waals surface area (Å²) in [5.74, 6) is -1.00. The number of benzene rings is 1. The number of nitrogens with one attached hydrogen (secondary N) is 1. The highest BCUT2D eigenvalue weighted by atomic mass is 79.9. The van der Waals surface area contributed by atoms with Gasteiger partial charge in [0.15, 0.2) is 5.82 Å². The Kier molecular flexibility index (Phi) is 3.50. The molecule has 1 heterocycles. The molecule has 0 unspecified atom stereocenters. The standard InChI is InChI=1S/C8H6BrFN4O2S2/c9-4-1-5(11)7(10)6(2-4)18(15,16)14-8-12-3-13-17-8/h1-3H,11H2,(H,12,13,14). The number of hydrogen-bond acceptors (Lipinski definition) is 6. The molecular formula is C8H6BrFN4O2S2. The zero-order valence-electron chi connectivity index (χ0n) is 8.59. The first-order chi connectivity index (χ1) is 8.40. The van der Waals surface area contributed by atoms with Crippen LogP contribution in [0.25, 0.3) is 0 Å². The van der Waals surface area contributed by atoms with E-state index in [9.17, 15) is 12.8 Å². The van der Waals surface area contributed by atoms with E-state index in [1.807, 2.05) is 0 Å². The van der Waals surface area contributed by atoms with Gasteiger partial charge in [-0.15, -0.1) is 0 Å². The molecule has 0 aliphatic heterocycles. The average molecular weight is 353 g/mol. The summed E-state index contributed by atoms with van der Waals surface area (Å²) in [4.78, 5) is 3.10. The third-order valence-electron chi connectivity index (χ3n) is 1.90. The third kappa shape index (κ3) is 2.60. The zero-order valence-corrected chi connectivity index (χ0v) is 11.8. The Hall–Kier alpha value is -1.26. The van der Waals surface area contributed by atoms with Gasteiger partial charge in [-0.25, -0.2) is 17.8 Å². The van der Waals surface area contributed by atoms with Crippen LogP contribution in [0.5, 0.6) is 0 Å². The van der Waals surface area contributed by atoms with E-state index in [0.717, 1.165) is 17.6 Å². The molecule has 3 N–H and O–H groups in total. The number of hydrogen-bond donors (Lipinski definition) is 2. The molecule has 18 heavy (non-hydrogen) atoms. The first kappa shape index (κ1) is 13.2. The van der Waals surface area contributed by atoms with Crippen LogP contribution in [0.4, 0.5) is 15.2 Å². The highest BCUT2D eigenvalue weighted by Crippen LogP contribution is 2.27. The van der Waals surface area contributed by atoms with Crippen LogP contribution in [-0.4, -0.2) is 17.8 Å². The quantitative estimate of drug-likeness (QED) is 0.821. The van der Waals surface area contributed by atoms with E-state index in [4.69, 9.17) is 5.73 Å². The van der Waals surface area contributed by atoms with Crippen LogP contribution in [0.1, 0.15) is 0 Å². The summed E-state index contributed by atoms with van der Waals surface area (Å²) in [6.45, 7) is 0. The minimum absolute atomic E-state index is 0.0490. The summed E-state index contributed by atoms with van der Waals surface area (Å²) in [6.07, 6.45) is 1.19. The van der Waals surface area contributed by atoms with Crippen LogP contribution < -0.4 is 10.5 Å². The van der Waals surface area contributed by atoms with Gasteiger partial charge in [-0.1, -0.05) is 15.9 Å². The molecule has 0 spiro atoms. The number of nitrogen functional groups attached to an aromatic ring is 1. The molecule has 0 aliphatic rings. The molecule has 0 radical (unpaired) electrons. The summed E-state index contributed by atoms with van der Waals surface area (Å²) in [6, 6.07) is 2.40. The minimum Gasteiger partial charge on any atom is -0.396 e. The van der Waals surface area contributed by atoms with Crippen molar-refractivity contribution in [2.24, 2.45) is 0 Å². The molecule has 2 rings (SSSR count). The molecule has 1 aromatic carbocycles. The monoisotopic (exact) mass is 352 g/mol. The number of nitrogens with zero attached hydrogens (tertiary/aromatic N) is 2. The number of sulfonamides is 1. The van der Waals surface area contributed by atoms with Crippen molar-refractivity contribution in [3.05, 3.63) is 28.7 Å². The van der Waals surface area contributed by atoms with Gasteiger partial charge >= 0.3 is 0 Å². The van der Waals surface area contributed by atoms with Crippen LogP contribution in [0, 0.1) is 5.82 Å². The second kappa shape index (κ2) is 4.78. The lowest BCUT2D eigenvalue weighted by Gasteiger charge is -2.08. The smallest absolute Gasteiger partial charge is 0.266 e. The molecule has 96 valence electrons. The van der Waals surface area contributed by atoms with Crippen molar-refractivity contribution >= 4 is 48.3 Å². The molecule has 0 fully saturated rings. The maximum absolute atomic E-state index is 13.7. The van der Waals surface area contributed by atoms with Crippen LogP contribution in [0.15, 0.2) is 27.8 Å². The molecule has 0 saturated carbocycles. The first-order valence-corrected chi connectivity index (χ1v) is 7.49. The Morgan fingerprint density at radius 1 is 1.44 bits per heavy atom. The van der Waals surface area contributed by atoms with Gasteiger partial charge < -0.3 is 5.73 Å². The van der Waals surface area contributed by atoms with Crippen LogP contribution in [-0.2, 0) is 10.0 Å². The van der Waals surface area contributed by atoms with Crippen molar-refractivity contribution in [2.75, 3.05) is 10.5 Å². The molecule has 1 aromatic heterocycles. The second-order valence-corrected chi connectivity index (χ2v) is 6.51. The fraction of sp³-hybridized carbons (Fsp3) is 0. The number of aromatic nitrogens is 2. The number of nitrogens with two attached hydrogens (primary N) is 1. The number of halogens is 2. The highest BCUT2D eigenvalue weighted by Gasteiger charge is 2.22. The van der Waals surface area contributed by atoms with Gasteiger partial charge in [0.25, 0.3) is 10.0 Å². The Balaban J connectivity index is 2.48. The van der Waals surface area contributed by atoms with Crippen molar-refractivity contribution in [2.45, 2.75) is 4.90 Å². The fourth-order valence-electron chi connectivity index (χ4n) is 1.17. The molecule has 10 heteroatoms. The maximum Gasteiger partial charge on any atom is 0.266 e. The van der Waals surface area contributed by atoms with Crippen molar-refractivity contribution in [3.8, 4) is 0 Å². The number of rotatable bonds is 3. The topological polar surface area (TPSA) is 98.0 Å². The Morgan fingerprint density at radius 2 is 2.17 bits per heavy atom. The Bertz CT molecular complexity index is 675. The van der Waals surface area contributed by atoms with Gasteiger partial charge in [-0.3, -0.25) is 4.72 Å². The van der Waals surface area contributed by atoms with E-state index < -0.39 is 20.7 Å². The molecular weight excluding hydrogens is 347 g/mol. The first-order valence-electron chi connectivity index (χ1n) is 4.44. The van der Waals surface area contributed by atoms with Gasteiger partial charge in [0.05, 0.1) is 5.69 Å². The van der Waals surface area contributed by atoms with Gasteiger partial charge in [0.1, 0.15) is 11.2 Å². The molecule has 0 saturated heterocycles. The summed E-state index contributed by atoms with van der Waals surface area (Å²) in [5.41, 5.74) is 5.11. The predicted molar refractivity (Wildman–Crippen MR) is 69.2 cm³/mol. The summed E-state index contributed by atoms with van der Waals surface area (Å²) >= 11 is 3.90. The van der Waals surface area contributed by atoms with Crippen molar-refractivity contribution in [1.29, 1.82) is 0 Å². The van der Waals surface area contributed by atoms with Crippen LogP contribution >= 0.6 is 27.5 Å². The summed E-state index contributed by atoms with van der Waals surface area (Å²) in [5, 5.41) is 0.0490. The van der Waals surface area contributed by atoms with Gasteiger partial charge in [-0.05, 0) is 12.1 Å². The SMILES string of the molecule is Nc1cc(Br)cc(S(=O)(=O)Nc2ncns2)c1F. The second-order valence-electron chi connectivity index (χ2n) is 3.16. The van der Waals surface area contributed by atoms with Crippen LogP contribution in [0.3, 0.4) is 0 Å². The largest absolute Gasteiger partial charge is 0.396 e. The van der Waals surface area contributed by atoms with E-state index in [2.05, 4.69) is 30.0 Å². The predicted octanol–water partition coefficient (Wildman–Crippen LogP) is 1.82. The molecule has 2 aromatic rings. The van der Waals surface area contributed by atoms with E-state index in [-0.39, 0.29) is 10.8 Å². The van der Waals surface area contributed by atoms with E-state index >= 15 is 0 Å².